The van der Waals surface area contributed by atoms with E-state index in [4.69, 9.17) is 4.74 Å². The van der Waals surface area contributed by atoms with E-state index >= 15 is 0 Å². The van der Waals surface area contributed by atoms with Crippen LogP contribution in [0, 0.1) is 6.92 Å². The molecule has 1 fully saturated rings. The fourth-order valence-electron chi connectivity index (χ4n) is 2.68. The Labute approximate surface area is 135 Å². The van der Waals surface area contributed by atoms with Crippen molar-refractivity contribution in [3.8, 4) is 5.88 Å². The van der Waals surface area contributed by atoms with Crippen LogP contribution in [0.25, 0.3) is 0 Å². The Hall–Kier alpha value is -2.44. The van der Waals surface area contributed by atoms with Crippen LogP contribution in [0.5, 0.6) is 5.88 Å². The van der Waals surface area contributed by atoms with E-state index < -0.39 is 0 Å². The Morgan fingerprint density at radius 3 is 2.74 bits per heavy atom. The Balaban J connectivity index is 1.52. The molecule has 0 radical (unpaired) electrons. The van der Waals surface area contributed by atoms with Gasteiger partial charge < -0.3 is 9.64 Å². The first-order valence-electron chi connectivity index (χ1n) is 7.85. The van der Waals surface area contributed by atoms with E-state index in [1.165, 1.54) is 6.33 Å². The van der Waals surface area contributed by atoms with Gasteiger partial charge in [-0.3, -0.25) is 4.79 Å². The number of likely N-dealkylation sites (tertiary alicyclic amines) is 1. The smallest absolute Gasteiger partial charge is 0.247 e. The summed E-state index contributed by atoms with van der Waals surface area (Å²) in [6.07, 6.45) is 6.54. The molecule has 7 nitrogen and oxygen atoms in total. The topological polar surface area (TPSA) is 73.1 Å². The summed E-state index contributed by atoms with van der Waals surface area (Å²) in [7, 11) is 0. The third-order valence-electron chi connectivity index (χ3n) is 4.12. The van der Waals surface area contributed by atoms with E-state index in [0.29, 0.717) is 19.0 Å². The van der Waals surface area contributed by atoms with Crippen molar-refractivity contribution in [3.05, 3.63) is 36.5 Å². The van der Waals surface area contributed by atoms with Crippen molar-refractivity contribution in [2.75, 3.05) is 13.1 Å². The molecular weight excluding hydrogens is 294 g/mol. The molecule has 122 valence electrons. The molecule has 0 bridgehead atoms. The van der Waals surface area contributed by atoms with E-state index in [1.807, 2.05) is 30.9 Å². The van der Waals surface area contributed by atoms with Crippen LogP contribution < -0.4 is 4.74 Å². The summed E-state index contributed by atoms with van der Waals surface area (Å²) in [4.78, 5) is 22.5. The summed E-state index contributed by atoms with van der Waals surface area (Å²) in [5, 5.41) is 4.04. The summed E-state index contributed by atoms with van der Waals surface area (Å²) in [6.45, 7) is 5.22. The maximum atomic E-state index is 12.5. The van der Waals surface area contributed by atoms with Crippen LogP contribution in [0.2, 0.25) is 0 Å². The predicted octanol–water partition coefficient (Wildman–Crippen LogP) is 1.61. The lowest BCUT2D eigenvalue weighted by Gasteiger charge is -2.33. The fraction of sp³-hybridized carbons (Fsp3) is 0.500. The highest BCUT2D eigenvalue weighted by atomic mass is 16.5. The van der Waals surface area contributed by atoms with Gasteiger partial charge >= 0.3 is 0 Å². The molecule has 0 saturated carbocycles. The summed E-state index contributed by atoms with van der Waals surface area (Å²) < 4.78 is 7.48. The maximum absolute atomic E-state index is 12.5. The van der Waals surface area contributed by atoms with Crippen LogP contribution in [0.1, 0.15) is 31.4 Å². The molecule has 3 heterocycles. The number of pyridine rings is 1. The van der Waals surface area contributed by atoms with Crippen molar-refractivity contribution in [1.82, 2.24) is 24.6 Å². The Morgan fingerprint density at radius 1 is 1.35 bits per heavy atom. The molecule has 0 aliphatic carbocycles. The molecule has 1 saturated heterocycles. The van der Waals surface area contributed by atoms with E-state index in [0.717, 1.165) is 18.4 Å². The Bertz CT molecular complexity index is 633. The van der Waals surface area contributed by atoms with Crippen LogP contribution in [0.4, 0.5) is 0 Å². The molecule has 0 N–H and O–H groups in total. The highest BCUT2D eigenvalue weighted by Gasteiger charge is 2.28. The van der Waals surface area contributed by atoms with Crippen LogP contribution in [0.15, 0.2) is 31.0 Å². The minimum absolute atomic E-state index is 0.0717. The van der Waals surface area contributed by atoms with Gasteiger partial charge in [0.15, 0.2) is 0 Å². The van der Waals surface area contributed by atoms with Crippen molar-refractivity contribution in [2.45, 2.75) is 38.8 Å². The average molecular weight is 315 g/mol. The lowest BCUT2D eigenvalue weighted by molar-refractivity contribution is -0.136. The summed E-state index contributed by atoms with van der Waals surface area (Å²) in [5.74, 6) is 0.721. The molecule has 1 atom stereocenters. The van der Waals surface area contributed by atoms with Gasteiger partial charge in [0.2, 0.25) is 11.8 Å². The molecule has 2 aromatic heterocycles. The highest BCUT2D eigenvalue weighted by Crippen LogP contribution is 2.19. The molecule has 23 heavy (non-hydrogen) atoms. The quantitative estimate of drug-likeness (QED) is 0.857. The second-order valence-corrected chi connectivity index (χ2v) is 5.87. The van der Waals surface area contributed by atoms with E-state index in [2.05, 4.69) is 15.1 Å². The number of hydrogen-bond acceptors (Lipinski definition) is 5. The SMILES string of the molecule is Cc1ccc(OC2CCN(C(=O)C(C)n3cncn3)CC2)nc1. The van der Waals surface area contributed by atoms with Gasteiger partial charge in [-0.25, -0.2) is 14.6 Å². The van der Waals surface area contributed by atoms with Gasteiger partial charge in [0, 0.05) is 38.2 Å². The molecular formula is C16H21N5O2. The summed E-state index contributed by atoms with van der Waals surface area (Å²) >= 11 is 0. The van der Waals surface area contributed by atoms with Gasteiger partial charge in [0.25, 0.3) is 0 Å². The first-order valence-corrected chi connectivity index (χ1v) is 7.85. The molecule has 0 spiro atoms. The number of aromatic nitrogens is 4. The maximum Gasteiger partial charge on any atom is 0.247 e. The fourth-order valence-corrected chi connectivity index (χ4v) is 2.68. The van der Waals surface area contributed by atoms with Crippen molar-refractivity contribution >= 4 is 5.91 Å². The first-order chi connectivity index (χ1) is 11.1. The minimum atomic E-state index is -0.325. The molecule has 1 unspecified atom stereocenters. The number of nitrogens with zero attached hydrogens (tertiary/aromatic N) is 5. The molecule has 3 rings (SSSR count). The second-order valence-electron chi connectivity index (χ2n) is 5.87. The zero-order chi connectivity index (χ0) is 16.2. The highest BCUT2D eigenvalue weighted by molar-refractivity contribution is 5.80. The molecule has 1 aliphatic heterocycles. The number of hydrogen-bond donors (Lipinski definition) is 0. The van der Waals surface area contributed by atoms with E-state index in [9.17, 15) is 4.79 Å². The monoisotopic (exact) mass is 315 g/mol. The van der Waals surface area contributed by atoms with Crippen molar-refractivity contribution in [2.24, 2.45) is 0 Å². The van der Waals surface area contributed by atoms with Crippen LogP contribution in [-0.4, -0.2) is 49.7 Å². The molecule has 7 heteroatoms. The summed E-state index contributed by atoms with van der Waals surface area (Å²) in [5.41, 5.74) is 1.11. The van der Waals surface area contributed by atoms with E-state index in [-0.39, 0.29) is 18.1 Å². The standard InChI is InChI=1S/C16H21N5O2/c1-12-3-4-15(18-9-12)23-14-5-7-20(8-6-14)16(22)13(2)21-11-17-10-19-21/h3-4,9-11,13-14H,5-8H2,1-2H3. The zero-order valence-corrected chi connectivity index (χ0v) is 13.4. The third-order valence-corrected chi connectivity index (χ3v) is 4.12. The Morgan fingerprint density at radius 2 is 2.13 bits per heavy atom. The minimum Gasteiger partial charge on any atom is -0.474 e. The number of carbonyl (C=O) groups excluding carboxylic acids is 1. The second kappa shape index (κ2) is 6.76. The number of amides is 1. The zero-order valence-electron chi connectivity index (χ0n) is 13.4. The molecule has 1 aliphatic rings. The summed E-state index contributed by atoms with van der Waals surface area (Å²) in [6, 6.07) is 3.55. The van der Waals surface area contributed by atoms with Crippen LogP contribution in [0.3, 0.4) is 0 Å². The van der Waals surface area contributed by atoms with Crippen LogP contribution in [-0.2, 0) is 4.79 Å². The van der Waals surface area contributed by atoms with Gasteiger partial charge in [-0.1, -0.05) is 6.07 Å². The largest absolute Gasteiger partial charge is 0.474 e. The molecule has 1 amide bonds. The lowest BCUT2D eigenvalue weighted by atomic mass is 10.1. The number of aryl methyl sites for hydroxylation is 1. The van der Waals surface area contributed by atoms with Gasteiger partial charge in [-0.15, -0.1) is 0 Å². The Kier molecular flexibility index (Phi) is 4.55. The molecule has 0 aromatic carbocycles. The van der Waals surface area contributed by atoms with Crippen molar-refractivity contribution in [3.63, 3.8) is 0 Å². The third kappa shape index (κ3) is 3.67. The first kappa shape index (κ1) is 15.5. The van der Waals surface area contributed by atoms with Gasteiger partial charge in [0.05, 0.1) is 0 Å². The normalized spacial score (nSPS) is 17.0. The average Bonchev–Trinajstić information content (AvgIpc) is 3.11. The van der Waals surface area contributed by atoms with Gasteiger partial charge in [-0.2, -0.15) is 5.10 Å². The van der Waals surface area contributed by atoms with Crippen LogP contribution >= 0.6 is 0 Å². The number of piperidine rings is 1. The lowest BCUT2D eigenvalue weighted by Crippen LogP contribution is -2.44. The number of ether oxygens (including phenoxy) is 1. The van der Waals surface area contributed by atoms with E-state index in [1.54, 1.807) is 17.2 Å². The molecule has 2 aromatic rings. The van der Waals surface area contributed by atoms with Crippen molar-refractivity contribution in [1.29, 1.82) is 0 Å². The van der Waals surface area contributed by atoms with Gasteiger partial charge in [0.1, 0.15) is 24.8 Å². The number of rotatable bonds is 4. The van der Waals surface area contributed by atoms with Crippen molar-refractivity contribution < 1.29 is 9.53 Å². The number of carbonyl (C=O) groups is 1. The van der Waals surface area contributed by atoms with Gasteiger partial charge in [-0.05, 0) is 19.4 Å². The predicted molar refractivity (Wildman–Crippen MR) is 83.9 cm³/mol.